The Bertz CT molecular complexity index is 1860. The van der Waals surface area contributed by atoms with Crippen molar-refractivity contribution in [2.75, 3.05) is 34.4 Å². The second-order valence-electron chi connectivity index (χ2n) is 10.6. The highest BCUT2D eigenvalue weighted by atomic mass is 35.5. The van der Waals surface area contributed by atoms with Gasteiger partial charge in [0.15, 0.2) is 11.0 Å². The SMILES string of the molecule is CCCN1C(=CC=Cc2n(CCCS(=O)(=O)O)c3cc(Cl)c(Cl)cc3[n+]2CCC)N(CCCS(=O)(=O)O)c2cc(Cl)c(Cl)cc21. The molecule has 0 aliphatic carbocycles. The van der Waals surface area contributed by atoms with Crippen LogP contribution in [0.25, 0.3) is 17.1 Å². The van der Waals surface area contributed by atoms with Crippen LogP contribution in [0.3, 0.4) is 0 Å². The van der Waals surface area contributed by atoms with Gasteiger partial charge in [-0.05, 0) is 37.5 Å². The second-order valence-corrected chi connectivity index (χ2v) is 15.4. The number of anilines is 2. The zero-order chi connectivity index (χ0) is 33.1. The standard InChI is InChI=1S/C29H34Cl4N4O6S2/c1-3-10-34-24-16-20(30)22(32)18-26(24)36(12-6-14-44(38,39)40)28(34)8-5-9-29-35(11-4-2)25-17-21(31)23(33)19-27(25)37(29)13-7-15-45(41,42)43/h5,8-9,16-19H,3-4,6-7,10-15H2,1-2H3,(H-,38,39,40,41,42,43)/p+1. The minimum Gasteiger partial charge on any atom is -0.326 e. The normalized spacial score (nSPS) is 14.9. The number of imidazole rings is 1. The van der Waals surface area contributed by atoms with Gasteiger partial charge in [-0.2, -0.15) is 16.8 Å². The first-order valence-electron chi connectivity index (χ1n) is 14.4. The predicted octanol–water partition coefficient (Wildman–Crippen LogP) is 7.10. The lowest BCUT2D eigenvalue weighted by Crippen LogP contribution is -2.36. The predicted molar refractivity (Wildman–Crippen MR) is 183 cm³/mol. The maximum Gasteiger partial charge on any atom is 0.282 e. The van der Waals surface area contributed by atoms with Crippen LogP contribution >= 0.6 is 46.4 Å². The molecule has 0 unspecified atom stereocenters. The summed E-state index contributed by atoms with van der Waals surface area (Å²) in [5.74, 6) is 0.726. The lowest BCUT2D eigenvalue weighted by molar-refractivity contribution is -0.674. The number of aromatic nitrogens is 2. The van der Waals surface area contributed by atoms with Gasteiger partial charge in [-0.25, -0.2) is 9.13 Å². The van der Waals surface area contributed by atoms with Crippen molar-refractivity contribution < 1.29 is 30.5 Å². The molecule has 2 heterocycles. The maximum atomic E-state index is 11.5. The van der Waals surface area contributed by atoms with Gasteiger partial charge in [0.1, 0.15) is 5.82 Å². The summed E-state index contributed by atoms with van der Waals surface area (Å²) < 4.78 is 68.6. The van der Waals surface area contributed by atoms with Crippen molar-refractivity contribution in [3.05, 3.63) is 68.2 Å². The third-order valence-corrected chi connectivity index (χ3v) is 10.3. The number of nitrogens with zero attached hydrogens (tertiary/aromatic N) is 4. The van der Waals surface area contributed by atoms with E-state index in [0.29, 0.717) is 33.2 Å². The summed E-state index contributed by atoms with van der Waals surface area (Å²) in [6, 6.07) is 7.06. The fourth-order valence-corrected chi connectivity index (χ4v) is 7.10. The van der Waals surface area contributed by atoms with E-state index in [4.69, 9.17) is 46.4 Å². The Hall–Kier alpha value is -2.03. The van der Waals surface area contributed by atoms with E-state index in [9.17, 15) is 25.9 Å². The molecule has 1 aliphatic heterocycles. The average Bonchev–Trinajstić information content (AvgIpc) is 3.35. The van der Waals surface area contributed by atoms with Crippen LogP contribution in [0.15, 0.2) is 42.2 Å². The summed E-state index contributed by atoms with van der Waals surface area (Å²) in [6.07, 6.45) is 7.62. The molecular formula is C29H35Cl4N4O6S2+. The molecule has 16 heteroatoms. The first-order valence-corrected chi connectivity index (χ1v) is 19.1. The molecule has 4 rings (SSSR count). The molecule has 0 amide bonds. The molecule has 0 atom stereocenters. The fourth-order valence-electron chi connectivity index (χ4n) is 5.48. The molecule has 0 radical (unpaired) electrons. The number of benzene rings is 2. The molecule has 2 N–H and O–H groups in total. The van der Waals surface area contributed by atoms with Crippen LogP contribution in [-0.2, 0) is 33.3 Å². The highest BCUT2D eigenvalue weighted by Gasteiger charge is 2.32. The molecule has 45 heavy (non-hydrogen) atoms. The van der Waals surface area contributed by atoms with Crippen LogP contribution in [0.2, 0.25) is 20.1 Å². The van der Waals surface area contributed by atoms with Crippen molar-refractivity contribution in [1.82, 2.24) is 4.57 Å². The van der Waals surface area contributed by atoms with Gasteiger partial charge in [0, 0.05) is 37.7 Å². The number of hydrogen-bond acceptors (Lipinski definition) is 6. The van der Waals surface area contributed by atoms with E-state index in [-0.39, 0.29) is 25.9 Å². The molecule has 0 bridgehead atoms. The number of allylic oxidation sites excluding steroid dienone is 2. The van der Waals surface area contributed by atoms with Crippen molar-refractivity contribution in [1.29, 1.82) is 0 Å². The monoisotopic (exact) mass is 739 g/mol. The van der Waals surface area contributed by atoms with Gasteiger partial charge in [-0.3, -0.25) is 9.11 Å². The van der Waals surface area contributed by atoms with Crippen LogP contribution in [0.4, 0.5) is 11.4 Å². The number of hydrogen-bond donors (Lipinski definition) is 2. The summed E-state index contributed by atoms with van der Waals surface area (Å²) in [4.78, 5) is 4.03. The van der Waals surface area contributed by atoms with E-state index in [1.54, 1.807) is 24.3 Å². The first-order chi connectivity index (χ1) is 21.1. The molecule has 1 aromatic heterocycles. The zero-order valence-electron chi connectivity index (χ0n) is 24.8. The van der Waals surface area contributed by atoms with E-state index in [1.807, 2.05) is 41.5 Å². The van der Waals surface area contributed by atoms with Gasteiger partial charge in [0.2, 0.25) is 0 Å². The van der Waals surface area contributed by atoms with Crippen LogP contribution in [-0.4, -0.2) is 55.1 Å². The van der Waals surface area contributed by atoms with Crippen LogP contribution in [0.5, 0.6) is 0 Å². The van der Waals surface area contributed by atoms with E-state index in [2.05, 4.69) is 9.47 Å². The minimum absolute atomic E-state index is 0.166. The van der Waals surface area contributed by atoms with E-state index < -0.39 is 31.7 Å². The lowest BCUT2D eigenvalue weighted by Gasteiger charge is -2.25. The van der Waals surface area contributed by atoms with Gasteiger partial charge in [-0.1, -0.05) is 66.3 Å². The number of aryl methyl sites for hydroxylation is 2. The highest BCUT2D eigenvalue weighted by Crippen LogP contribution is 2.45. The Labute approximate surface area is 283 Å². The summed E-state index contributed by atoms with van der Waals surface area (Å²) in [5, 5.41) is 1.49. The van der Waals surface area contributed by atoms with Crippen LogP contribution < -0.4 is 14.4 Å². The topological polar surface area (TPSA) is 124 Å². The van der Waals surface area contributed by atoms with Gasteiger partial charge in [0.25, 0.3) is 26.1 Å². The van der Waals surface area contributed by atoms with Gasteiger partial charge in [0.05, 0.1) is 56.1 Å². The summed E-state index contributed by atoms with van der Waals surface area (Å²) in [5.41, 5.74) is 3.17. The Morgan fingerprint density at radius 1 is 0.756 bits per heavy atom. The maximum absolute atomic E-state index is 11.5. The van der Waals surface area contributed by atoms with Crippen LogP contribution in [0.1, 0.15) is 45.4 Å². The van der Waals surface area contributed by atoms with Crippen molar-refractivity contribution in [2.24, 2.45) is 0 Å². The van der Waals surface area contributed by atoms with E-state index in [0.717, 1.165) is 46.9 Å². The summed E-state index contributed by atoms with van der Waals surface area (Å²) in [7, 11) is -8.30. The number of rotatable bonds is 14. The third kappa shape index (κ3) is 8.66. The zero-order valence-corrected chi connectivity index (χ0v) is 29.4. The lowest BCUT2D eigenvalue weighted by atomic mass is 10.2. The molecular weight excluding hydrogens is 706 g/mol. The molecule has 246 valence electrons. The first kappa shape index (κ1) is 35.8. The second kappa shape index (κ2) is 14.8. The molecule has 2 aromatic carbocycles. The molecule has 1 aliphatic rings. The van der Waals surface area contributed by atoms with Gasteiger partial charge in [-0.15, -0.1) is 0 Å². The van der Waals surface area contributed by atoms with Gasteiger partial charge < -0.3 is 9.80 Å². The molecule has 0 saturated carbocycles. The molecule has 0 spiro atoms. The summed E-state index contributed by atoms with van der Waals surface area (Å²) >= 11 is 25.6. The van der Waals surface area contributed by atoms with Crippen molar-refractivity contribution in [3.63, 3.8) is 0 Å². The molecule has 0 saturated heterocycles. The largest absolute Gasteiger partial charge is 0.326 e. The van der Waals surface area contributed by atoms with Crippen molar-refractivity contribution in [2.45, 2.75) is 52.6 Å². The van der Waals surface area contributed by atoms with E-state index >= 15 is 0 Å². The quantitative estimate of drug-likeness (QED) is 0.133. The van der Waals surface area contributed by atoms with Gasteiger partial charge >= 0.3 is 0 Å². The smallest absolute Gasteiger partial charge is 0.282 e. The average molecular weight is 742 g/mol. The molecule has 3 aromatic rings. The Morgan fingerprint density at radius 2 is 1.29 bits per heavy atom. The fraction of sp³-hybridized carbons (Fsp3) is 0.414. The summed E-state index contributed by atoms with van der Waals surface area (Å²) in [6.45, 7) is 5.94. The Balaban J connectivity index is 1.83. The third-order valence-electron chi connectivity index (χ3n) is 7.26. The van der Waals surface area contributed by atoms with Crippen molar-refractivity contribution in [3.8, 4) is 0 Å². The Kier molecular flexibility index (Phi) is 11.8. The molecule has 10 nitrogen and oxygen atoms in total. The molecule has 0 fully saturated rings. The van der Waals surface area contributed by atoms with Crippen LogP contribution in [0, 0.1) is 0 Å². The van der Waals surface area contributed by atoms with Crippen molar-refractivity contribution >= 4 is 95.1 Å². The Morgan fingerprint density at radius 3 is 1.84 bits per heavy atom. The highest BCUT2D eigenvalue weighted by molar-refractivity contribution is 7.86. The minimum atomic E-state index is -4.15. The number of halogens is 4. The number of fused-ring (bicyclic) bond motifs is 2. The van der Waals surface area contributed by atoms with E-state index in [1.165, 1.54) is 0 Å².